The number of ether oxygens (including phenoxy) is 1. The molecule has 0 unspecified atom stereocenters. The van der Waals surface area contributed by atoms with E-state index in [1.165, 1.54) is 0 Å². The van der Waals surface area contributed by atoms with Crippen molar-refractivity contribution in [1.29, 1.82) is 0 Å². The van der Waals surface area contributed by atoms with E-state index in [1.54, 1.807) is 18.2 Å². The summed E-state index contributed by atoms with van der Waals surface area (Å²) in [6.45, 7) is 1.02. The van der Waals surface area contributed by atoms with Crippen molar-refractivity contribution in [3.8, 4) is 17.1 Å². The van der Waals surface area contributed by atoms with E-state index >= 15 is 0 Å². The SMILES string of the molecule is CN(C)Cc1nnc(-c2ccc(OCc3cc(C=O)ccc3Cl)cc2)n1C. The summed E-state index contributed by atoms with van der Waals surface area (Å²) in [5.74, 6) is 2.42. The van der Waals surface area contributed by atoms with Crippen molar-refractivity contribution < 1.29 is 9.53 Å². The average molecular weight is 385 g/mol. The van der Waals surface area contributed by atoms with E-state index in [9.17, 15) is 4.79 Å². The number of aromatic nitrogens is 3. The van der Waals surface area contributed by atoms with E-state index in [0.29, 0.717) is 16.3 Å². The monoisotopic (exact) mass is 384 g/mol. The summed E-state index contributed by atoms with van der Waals surface area (Å²) >= 11 is 6.16. The van der Waals surface area contributed by atoms with E-state index in [-0.39, 0.29) is 6.61 Å². The van der Waals surface area contributed by atoms with Gasteiger partial charge in [-0.15, -0.1) is 10.2 Å². The number of benzene rings is 2. The first-order valence-corrected chi connectivity index (χ1v) is 8.85. The van der Waals surface area contributed by atoms with Crippen molar-refractivity contribution in [3.63, 3.8) is 0 Å². The van der Waals surface area contributed by atoms with Crippen LogP contribution in [0.25, 0.3) is 11.4 Å². The zero-order valence-electron chi connectivity index (χ0n) is 15.5. The van der Waals surface area contributed by atoms with Gasteiger partial charge in [-0.1, -0.05) is 17.7 Å². The second-order valence-electron chi connectivity index (χ2n) is 6.52. The maximum Gasteiger partial charge on any atom is 0.163 e. The predicted octanol–water partition coefficient (Wildman–Crippen LogP) is 3.59. The molecular weight excluding hydrogens is 364 g/mol. The normalized spacial score (nSPS) is 11.0. The number of carbonyl (C=O) groups is 1. The molecule has 2 aromatic carbocycles. The summed E-state index contributed by atoms with van der Waals surface area (Å²) < 4.78 is 7.79. The van der Waals surface area contributed by atoms with Gasteiger partial charge in [0, 0.05) is 28.8 Å². The van der Waals surface area contributed by atoms with Crippen LogP contribution in [0, 0.1) is 0 Å². The number of hydrogen-bond donors (Lipinski definition) is 0. The minimum absolute atomic E-state index is 0.288. The van der Waals surface area contributed by atoms with Gasteiger partial charge in [-0.2, -0.15) is 0 Å². The van der Waals surface area contributed by atoms with E-state index in [1.807, 2.05) is 50.0 Å². The number of hydrogen-bond acceptors (Lipinski definition) is 5. The smallest absolute Gasteiger partial charge is 0.163 e. The number of halogens is 1. The lowest BCUT2D eigenvalue weighted by molar-refractivity contribution is 0.112. The highest BCUT2D eigenvalue weighted by atomic mass is 35.5. The van der Waals surface area contributed by atoms with Crippen molar-refractivity contribution in [1.82, 2.24) is 19.7 Å². The van der Waals surface area contributed by atoms with Gasteiger partial charge in [0.2, 0.25) is 0 Å². The van der Waals surface area contributed by atoms with Gasteiger partial charge in [0.05, 0.1) is 6.54 Å². The van der Waals surface area contributed by atoms with E-state index < -0.39 is 0 Å². The molecule has 0 aliphatic rings. The van der Waals surface area contributed by atoms with Gasteiger partial charge in [-0.05, 0) is 50.5 Å². The molecule has 3 rings (SSSR count). The molecule has 1 aromatic heterocycles. The largest absolute Gasteiger partial charge is 0.489 e. The van der Waals surface area contributed by atoms with Crippen LogP contribution in [0.4, 0.5) is 0 Å². The highest BCUT2D eigenvalue weighted by Gasteiger charge is 2.11. The van der Waals surface area contributed by atoms with E-state index in [0.717, 1.165) is 35.6 Å². The molecule has 0 radical (unpaired) electrons. The van der Waals surface area contributed by atoms with Gasteiger partial charge in [0.25, 0.3) is 0 Å². The van der Waals surface area contributed by atoms with Crippen molar-refractivity contribution in [2.75, 3.05) is 14.1 Å². The Morgan fingerprint density at radius 3 is 2.56 bits per heavy atom. The third-order valence-electron chi connectivity index (χ3n) is 4.14. The highest BCUT2D eigenvalue weighted by molar-refractivity contribution is 6.31. The Kier molecular flexibility index (Phi) is 5.88. The fourth-order valence-corrected chi connectivity index (χ4v) is 2.85. The molecule has 3 aromatic rings. The lowest BCUT2D eigenvalue weighted by Gasteiger charge is -2.10. The molecule has 1 heterocycles. The van der Waals surface area contributed by atoms with Crippen LogP contribution in [0.15, 0.2) is 42.5 Å². The topological polar surface area (TPSA) is 60.2 Å². The summed E-state index contributed by atoms with van der Waals surface area (Å²) in [6.07, 6.45) is 0.792. The fourth-order valence-electron chi connectivity index (χ4n) is 2.67. The van der Waals surface area contributed by atoms with Crippen LogP contribution in [-0.4, -0.2) is 40.0 Å². The molecule has 0 amide bonds. The van der Waals surface area contributed by atoms with Gasteiger partial charge < -0.3 is 14.2 Å². The summed E-state index contributed by atoms with van der Waals surface area (Å²) in [7, 11) is 5.95. The molecular formula is C20H21ClN4O2. The van der Waals surface area contributed by atoms with Crippen LogP contribution in [0.1, 0.15) is 21.7 Å². The fraction of sp³-hybridized carbons (Fsp3) is 0.250. The Hall–Kier alpha value is -2.70. The molecule has 0 fully saturated rings. The Labute approximate surface area is 163 Å². The number of rotatable bonds is 7. The minimum Gasteiger partial charge on any atom is -0.489 e. The molecule has 0 atom stereocenters. The lowest BCUT2D eigenvalue weighted by Crippen LogP contribution is -2.14. The second-order valence-corrected chi connectivity index (χ2v) is 6.93. The van der Waals surface area contributed by atoms with Crippen molar-refractivity contribution in [2.45, 2.75) is 13.2 Å². The molecule has 0 N–H and O–H groups in total. The van der Waals surface area contributed by atoms with Crippen LogP contribution in [-0.2, 0) is 20.2 Å². The maximum atomic E-state index is 10.9. The van der Waals surface area contributed by atoms with Gasteiger partial charge in [-0.25, -0.2) is 0 Å². The Balaban J connectivity index is 1.71. The Bertz CT molecular complexity index is 936. The summed E-state index contributed by atoms with van der Waals surface area (Å²) in [4.78, 5) is 13.0. The molecule has 0 aliphatic carbocycles. The summed E-state index contributed by atoms with van der Waals surface area (Å²) in [5.41, 5.74) is 2.31. The van der Waals surface area contributed by atoms with Gasteiger partial charge in [0.15, 0.2) is 5.82 Å². The maximum absolute atomic E-state index is 10.9. The first kappa shape index (κ1) is 19.1. The summed E-state index contributed by atoms with van der Waals surface area (Å²) in [6, 6.07) is 12.8. The van der Waals surface area contributed by atoms with Crippen LogP contribution in [0.3, 0.4) is 0 Å². The molecule has 0 spiro atoms. The van der Waals surface area contributed by atoms with E-state index in [2.05, 4.69) is 15.1 Å². The molecule has 140 valence electrons. The molecule has 0 saturated heterocycles. The lowest BCUT2D eigenvalue weighted by atomic mass is 10.1. The van der Waals surface area contributed by atoms with Crippen molar-refractivity contribution in [2.24, 2.45) is 7.05 Å². The first-order valence-electron chi connectivity index (χ1n) is 8.47. The van der Waals surface area contributed by atoms with Crippen LogP contribution in [0.5, 0.6) is 5.75 Å². The van der Waals surface area contributed by atoms with Crippen LogP contribution < -0.4 is 4.74 Å². The number of nitrogens with zero attached hydrogens (tertiary/aromatic N) is 4. The molecule has 0 bridgehead atoms. The third kappa shape index (κ3) is 4.53. The average Bonchev–Trinajstić information content (AvgIpc) is 3.01. The molecule has 0 saturated carbocycles. The minimum atomic E-state index is 0.288. The summed E-state index contributed by atoms with van der Waals surface area (Å²) in [5, 5.41) is 9.12. The van der Waals surface area contributed by atoms with Crippen molar-refractivity contribution in [3.05, 3.63) is 64.4 Å². The Morgan fingerprint density at radius 1 is 1.15 bits per heavy atom. The zero-order chi connectivity index (χ0) is 19.4. The van der Waals surface area contributed by atoms with Gasteiger partial charge in [0.1, 0.15) is 24.5 Å². The van der Waals surface area contributed by atoms with E-state index in [4.69, 9.17) is 16.3 Å². The van der Waals surface area contributed by atoms with Crippen molar-refractivity contribution >= 4 is 17.9 Å². The molecule has 7 heteroatoms. The zero-order valence-corrected chi connectivity index (χ0v) is 16.3. The van der Waals surface area contributed by atoms with Crippen LogP contribution in [0.2, 0.25) is 5.02 Å². The number of aldehydes is 1. The molecule has 27 heavy (non-hydrogen) atoms. The first-order chi connectivity index (χ1) is 13.0. The Morgan fingerprint density at radius 2 is 1.89 bits per heavy atom. The van der Waals surface area contributed by atoms with Crippen LogP contribution >= 0.6 is 11.6 Å². The predicted molar refractivity (Wildman–Crippen MR) is 105 cm³/mol. The quantitative estimate of drug-likeness (QED) is 0.582. The number of carbonyl (C=O) groups excluding carboxylic acids is 1. The molecule has 0 aliphatic heterocycles. The second kappa shape index (κ2) is 8.33. The third-order valence-corrected chi connectivity index (χ3v) is 4.50. The molecule has 6 nitrogen and oxygen atoms in total. The van der Waals surface area contributed by atoms with Gasteiger partial charge in [-0.3, -0.25) is 4.79 Å². The van der Waals surface area contributed by atoms with Gasteiger partial charge >= 0.3 is 0 Å². The standard InChI is InChI=1S/C20H21ClN4O2/c1-24(2)11-19-22-23-20(25(19)3)15-5-7-17(8-6-15)27-13-16-10-14(12-26)4-9-18(16)21/h4-10,12H,11,13H2,1-3H3. The highest BCUT2D eigenvalue weighted by Crippen LogP contribution is 2.23.